The van der Waals surface area contributed by atoms with E-state index in [0.29, 0.717) is 46.4 Å². The predicted octanol–water partition coefficient (Wildman–Crippen LogP) is 4.40. The van der Waals surface area contributed by atoms with E-state index in [1.165, 1.54) is 0 Å². The molecular formula is C22H24Cl3N3O4. The molecule has 1 aromatic carbocycles. The molecule has 0 bridgehead atoms. The van der Waals surface area contributed by atoms with Crippen molar-refractivity contribution < 1.29 is 19.4 Å². The number of hydrogen-bond donors (Lipinski definition) is 1. The van der Waals surface area contributed by atoms with Crippen molar-refractivity contribution in [2.45, 2.75) is 19.1 Å². The summed E-state index contributed by atoms with van der Waals surface area (Å²) in [4.78, 5) is 19.5. The third kappa shape index (κ3) is 5.41. The van der Waals surface area contributed by atoms with Crippen LogP contribution in [0.5, 0.6) is 5.75 Å². The van der Waals surface area contributed by atoms with Gasteiger partial charge in [0.05, 0.1) is 25.5 Å². The Kier molecular flexibility index (Phi) is 7.32. The number of aliphatic carboxylic acids is 1. The van der Waals surface area contributed by atoms with E-state index in [9.17, 15) is 4.79 Å². The molecule has 2 fully saturated rings. The number of aromatic nitrogens is 1. The van der Waals surface area contributed by atoms with Crippen molar-refractivity contribution in [3.05, 3.63) is 51.1 Å². The number of benzene rings is 1. The number of morpholine rings is 1. The SMILES string of the molecule is C[C@@H](Oc1cc(N2CC([C@@H]3CN(CC(=O)O)CCO3)C2)ncc1Cl)c1ccc(Cl)cc1Cl. The Morgan fingerprint density at radius 2 is 2.03 bits per heavy atom. The van der Waals surface area contributed by atoms with Gasteiger partial charge in [-0.15, -0.1) is 0 Å². The summed E-state index contributed by atoms with van der Waals surface area (Å²) in [6, 6.07) is 7.12. The highest BCUT2D eigenvalue weighted by atomic mass is 35.5. The van der Waals surface area contributed by atoms with Crippen LogP contribution in [0.1, 0.15) is 18.6 Å². The lowest BCUT2D eigenvalue weighted by atomic mass is 9.92. The smallest absolute Gasteiger partial charge is 0.317 e. The second-order valence-corrected chi connectivity index (χ2v) is 9.35. The minimum absolute atomic E-state index is 0.0226. The lowest BCUT2D eigenvalue weighted by Gasteiger charge is -2.46. The summed E-state index contributed by atoms with van der Waals surface area (Å²) in [5.41, 5.74) is 0.815. The molecule has 172 valence electrons. The second kappa shape index (κ2) is 10.0. The zero-order valence-electron chi connectivity index (χ0n) is 17.5. The van der Waals surface area contributed by atoms with Crippen molar-refractivity contribution in [2.75, 3.05) is 44.2 Å². The molecular weight excluding hydrogens is 477 g/mol. The number of nitrogens with zero attached hydrogens (tertiary/aromatic N) is 3. The molecule has 32 heavy (non-hydrogen) atoms. The second-order valence-electron chi connectivity index (χ2n) is 8.10. The van der Waals surface area contributed by atoms with Crippen molar-refractivity contribution >= 4 is 46.6 Å². The molecule has 2 aromatic rings. The Bertz CT molecular complexity index is 987. The first-order valence-electron chi connectivity index (χ1n) is 10.4. The average Bonchev–Trinajstić information content (AvgIpc) is 2.69. The van der Waals surface area contributed by atoms with E-state index in [2.05, 4.69) is 9.88 Å². The number of pyridine rings is 1. The predicted molar refractivity (Wildman–Crippen MR) is 124 cm³/mol. The molecule has 3 heterocycles. The first kappa shape index (κ1) is 23.4. The van der Waals surface area contributed by atoms with Crippen LogP contribution in [-0.2, 0) is 9.53 Å². The molecule has 1 N–H and O–H groups in total. The van der Waals surface area contributed by atoms with Crippen molar-refractivity contribution in [3.8, 4) is 5.75 Å². The monoisotopic (exact) mass is 499 g/mol. The van der Waals surface area contributed by atoms with E-state index >= 15 is 0 Å². The molecule has 0 unspecified atom stereocenters. The average molecular weight is 501 g/mol. The third-order valence-electron chi connectivity index (χ3n) is 5.81. The maximum Gasteiger partial charge on any atom is 0.317 e. The van der Waals surface area contributed by atoms with Gasteiger partial charge in [0, 0.05) is 53.8 Å². The fourth-order valence-electron chi connectivity index (χ4n) is 4.04. The first-order valence-corrected chi connectivity index (χ1v) is 11.5. The van der Waals surface area contributed by atoms with Gasteiger partial charge in [0.15, 0.2) is 0 Å². The normalized spacial score (nSPS) is 20.6. The molecule has 4 rings (SSSR count). The van der Waals surface area contributed by atoms with Crippen LogP contribution in [0.15, 0.2) is 30.5 Å². The summed E-state index contributed by atoms with van der Waals surface area (Å²) < 4.78 is 12.0. The van der Waals surface area contributed by atoms with Gasteiger partial charge in [0.25, 0.3) is 0 Å². The molecule has 0 aliphatic carbocycles. The first-order chi connectivity index (χ1) is 15.3. The minimum atomic E-state index is -0.812. The zero-order valence-corrected chi connectivity index (χ0v) is 19.8. The van der Waals surface area contributed by atoms with Crippen LogP contribution in [0.4, 0.5) is 5.82 Å². The number of anilines is 1. The standard InChI is InChI=1S/C22H24Cl3N3O4/c1-13(16-3-2-15(23)6-17(16)24)32-19-7-21(26-8-18(19)25)28-9-14(10-28)20-11-27(4-5-31-20)12-22(29)30/h2-3,6-8,13-14,20H,4-5,9-12H2,1H3,(H,29,30)/t13-,20+/m1/s1. The number of ether oxygens (including phenoxy) is 2. The number of rotatable bonds is 7. The molecule has 2 aliphatic heterocycles. The van der Waals surface area contributed by atoms with Gasteiger partial charge in [0.2, 0.25) is 0 Å². The molecule has 2 saturated heterocycles. The van der Waals surface area contributed by atoms with Crippen LogP contribution in [0, 0.1) is 5.92 Å². The lowest BCUT2D eigenvalue weighted by molar-refractivity contribution is -0.141. The van der Waals surface area contributed by atoms with Crippen LogP contribution in [0.2, 0.25) is 15.1 Å². The maximum atomic E-state index is 11.0. The molecule has 2 atom stereocenters. The van der Waals surface area contributed by atoms with E-state index in [1.807, 2.05) is 24.0 Å². The highest BCUT2D eigenvalue weighted by Gasteiger charge is 2.37. The van der Waals surface area contributed by atoms with E-state index in [1.54, 1.807) is 18.3 Å². The van der Waals surface area contributed by atoms with Gasteiger partial charge in [0.1, 0.15) is 22.7 Å². The topological polar surface area (TPSA) is 75.1 Å². The van der Waals surface area contributed by atoms with E-state index in [4.69, 9.17) is 49.4 Å². The number of carbonyl (C=O) groups is 1. The molecule has 0 amide bonds. The Labute approximate surface area is 201 Å². The zero-order chi connectivity index (χ0) is 22.8. The number of halogens is 3. The molecule has 0 spiro atoms. The summed E-state index contributed by atoms with van der Waals surface area (Å²) in [6.07, 6.45) is 1.28. The summed E-state index contributed by atoms with van der Waals surface area (Å²) in [7, 11) is 0. The Morgan fingerprint density at radius 1 is 1.25 bits per heavy atom. The molecule has 10 heteroatoms. The van der Waals surface area contributed by atoms with Crippen LogP contribution in [0.3, 0.4) is 0 Å². The fraction of sp³-hybridized carbons (Fsp3) is 0.455. The van der Waals surface area contributed by atoms with Crippen molar-refractivity contribution in [3.63, 3.8) is 0 Å². The van der Waals surface area contributed by atoms with Crippen molar-refractivity contribution in [1.82, 2.24) is 9.88 Å². The fourth-order valence-corrected chi connectivity index (χ4v) is 4.75. The maximum absolute atomic E-state index is 11.0. The molecule has 0 radical (unpaired) electrons. The highest BCUT2D eigenvalue weighted by Crippen LogP contribution is 2.36. The Morgan fingerprint density at radius 3 is 2.75 bits per heavy atom. The van der Waals surface area contributed by atoms with Crippen LogP contribution >= 0.6 is 34.8 Å². The molecule has 1 aromatic heterocycles. The third-order valence-corrected chi connectivity index (χ3v) is 6.65. The van der Waals surface area contributed by atoms with E-state index < -0.39 is 5.97 Å². The highest BCUT2D eigenvalue weighted by molar-refractivity contribution is 6.35. The van der Waals surface area contributed by atoms with E-state index in [0.717, 1.165) is 24.5 Å². The van der Waals surface area contributed by atoms with Gasteiger partial charge in [-0.05, 0) is 19.1 Å². The van der Waals surface area contributed by atoms with Crippen LogP contribution in [0.25, 0.3) is 0 Å². The van der Waals surface area contributed by atoms with Gasteiger partial charge in [-0.3, -0.25) is 9.69 Å². The van der Waals surface area contributed by atoms with Crippen molar-refractivity contribution in [1.29, 1.82) is 0 Å². The van der Waals surface area contributed by atoms with Crippen molar-refractivity contribution in [2.24, 2.45) is 5.92 Å². The summed E-state index contributed by atoms with van der Waals surface area (Å²) in [6.45, 7) is 5.33. The van der Waals surface area contributed by atoms with Gasteiger partial charge < -0.3 is 19.5 Å². The van der Waals surface area contributed by atoms with Gasteiger partial charge in [-0.1, -0.05) is 40.9 Å². The summed E-state index contributed by atoms with van der Waals surface area (Å²) in [5, 5.41) is 10.5. The van der Waals surface area contributed by atoms with Crippen LogP contribution in [-0.4, -0.2) is 66.4 Å². The number of hydrogen-bond acceptors (Lipinski definition) is 6. The Hall–Kier alpha value is -1.77. The lowest BCUT2D eigenvalue weighted by Crippen LogP contribution is -2.58. The molecule has 7 nitrogen and oxygen atoms in total. The quantitative estimate of drug-likeness (QED) is 0.604. The van der Waals surface area contributed by atoms with E-state index in [-0.39, 0.29) is 18.8 Å². The molecule has 2 aliphatic rings. The Balaban J connectivity index is 1.38. The number of carboxylic acids is 1. The minimum Gasteiger partial charge on any atom is -0.484 e. The van der Waals surface area contributed by atoms with Gasteiger partial charge in [-0.25, -0.2) is 4.98 Å². The van der Waals surface area contributed by atoms with Crippen LogP contribution < -0.4 is 9.64 Å². The van der Waals surface area contributed by atoms with Gasteiger partial charge in [-0.2, -0.15) is 0 Å². The van der Waals surface area contributed by atoms with Gasteiger partial charge >= 0.3 is 5.97 Å². The summed E-state index contributed by atoms with van der Waals surface area (Å²) in [5.74, 6) is 0.807. The largest absolute Gasteiger partial charge is 0.484 e. The molecule has 0 saturated carbocycles. The number of carboxylic acid groups (broad SMARTS) is 1. The summed E-state index contributed by atoms with van der Waals surface area (Å²) >= 11 is 18.6.